The van der Waals surface area contributed by atoms with E-state index in [4.69, 9.17) is 11.6 Å². The molecule has 6 heteroatoms. The molecule has 1 aromatic rings. The van der Waals surface area contributed by atoms with Crippen LogP contribution >= 0.6 is 11.6 Å². The van der Waals surface area contributed by atoms with Crippen molar-refractivity contribution in [1.29, 1.82) is 0 Å². The number of amides is 2. The summed E-state index contributed by atoms with van der Waals surface area (Å²) in [6.07, 6.45) is 6.56. The number of benzene rings is 1. The van der Waals surface area contributed by atoms with E-state index < -0.39 is 0 Å². The van der Waals surface area contributed by atoms with Crippen LogP contribution in [0.5, 0.6) is 0 Å². The van der Waals surface area contributed by atoms with Crippen molar-refractivity contribution in [1.82, 2.24) is 9.80 Å². The van der Waals surface area contributed by atoms with E-state index in [0.29, 0.717) is 23.2 Å². The van der Waals surface area contributed by atoms with Crippen LogP contribution in [0.3, 0.4) is 0 Å². The van der Waals surface area contributed by atoms with Crippen LogP contribution in [0.25, 0.3) is 0 Å². The van der Waals surface area contributed by atoms with Gasteiger partial charge in [-0.25, -0.2) is 4.39 Å². The van der Waals surface area contributed by atoms with Gasteiger partial charge in [-0.1, -0.05) is 30.5 Å². The lowest BCUT2D eigenvalue weighted by atomic mass is 10.1. The molecular formula is C20H24ClFN2O2. The number of rotatable bonds is 5. The van der Waals surface area contributed by atoms with E-state index in [0.717, 1.165) is 38.5 Å². The van der Waals surface area contributed by atoms with Gasteiger partial charge in [0.05, 0.1) is 12.5 Å². The maximum atomic E-state index is 14.2. The van der Waals surface area contributed by atoms with Gasteiger partial charge in [-0.05, 0) is 37.8 Å². The van der Waals surface area contributed by atoms with E-state index >= 15 is 0 Å². The Kier molecular flexibility index (Phi) is 4.91. The third-order valence-corrected chi connectivity index (χ3v) is 6.29. The Balaban J connectivity index is 1.49. The summed E-state index contributed by atoms with van der Waals surface area (Å²) in [4.78, 5) is 29.2. The molecule has 4 rings (SSSR count). The molecule has 0 bridgehead atoms. The second-order valence-electron chi connectivity index (χ2n) is 7.78. The summed E-state index contributed by atoms with van der Waals surface area (Å²) in [7, 11) is 0. The molecule has 3 aliphatic rings. The zero-order valence-corrected chi connectivity index (χ0v) is 15.6. The summed E-state index contributed by atoms with van der Waals surface area (Å²) in [5.74, 6) is -0.629. The molecule has 3 fully saturated rings. The first-order chi connectivity index (χ1) is 12.5. The zero-order valence-electron chi connectivity index (χ0n) is 14.8. The molecule has 26 heavy (non-hydrogen) atoms. The lowest BCUT2D eigenvalue weighted by Crippen LogP contribution is -2.40. The zero-order chi connectivity index (χ0) is 18.3. The van der Waals surface area contributed by atoms with Crippen LogP contribution in [0.1, 0.15) is 50.5 Å². The number of carbonyl (C=O) groups excluding carboxylic acids is 2. The highest BCUT2D eigenvalue weighted by atomic mass is 35.5. The minimum absolute atomic E-state index is 0.0272. The standard InChI is InChI=1S/C20H24ClFN2O2/c21-17-6-3-7-18(22)16(17)12-24(15-8-9-15)20(26)13-10-19(25)23(11-13)14-4-1-2-5-14/h3,6-7,13-15H,1-2,4-5,8-12H2. The van der Waals surface area contributed by atoms with Gasteiger partial charge in [0.1, 0.15) is 5.82 Å². The molecule has 2 amide bonds. The van der Waals surface area contributed by atoms with E-state index in [-0.39, 0.29) is 42.6 Å². The van der Waals surface area contributed by atoms with Crippen LogP contribution in [0.15, 0.2) is 18.2 Å². The molecule has 1 saturated heterocycles. The van der Waals surface area contributed by atoms with Crippen LogP contribution in [0.4, 0.5) is 4.39 Å². The van der Waals surface area contributed by atoms with E-state index in [1.54, 1.807) is 17.0 Å². The molecule has 0 aromatic heterocycles. The van der Waals surface area contributed by atoms with Crippen molar-refractivity contribution >= 4 is 23.4 Å². The first-order valence-electron chi connectivity index (χ1n) is 9.57. The summed E-state index contributed by atoms with van der Waals surface area (Å²) in [5, 5.41) is 0.346. The smallest absolute Gasteiger partial charge is 0.228 e. The van der Waals surface area contributed by atoms with Crippen LogP contribution in [0.2, 0.25) is 5.02 Å². The van der Waals surface area contributed by atoms with Gasteiger partial charge < -0.3 is 9.80 Å². The molecule has 4 nitrogen and oxygen atoms in total. The average molecular weight is 379 g/mol. The van der Waals surface area contributed by atoms with Gasteiger partial charge in [-0.2, -0.15) is 0 Å². The average Bonchev–Trinajstić information content (AvgIpc) is 3.15. The highest BCUT2D eigenvalue weighted by molar-refractivity contribution is 6.31. The van der Waals surface area contributed by atoms with Crippen molar-refractivity contribution in [3.05, 3.63) is 34.6 Å². The summed E-state index contributed by atoms with van der Waals surface area (Å²) < 4.78 is 14.2. The molecule has 0 N–H and O–H groups in total. The Bertz CT molecular complexity index is 696. The van der Waals surface area contributed by atoms with Gasteiger partial charge in [0.25, 0.3) is 0 Å². The van der Waals surface area contributed by atoms with Gasteiger partial charge >= 0.3 is 0 Å². The predicted molar refractivity (Wildman–Crippen MR) is 97.1 cm³/mol. The van der Waals surface area contributed by atoms with Crippen molar-refractivity contribution in [2.24, 2.45) is 5.92 Å². The number of halogens is 2. The van der Waals surface area contributed by atoms with E-state index in [1.165, 1.54) is 6.07 Å². The second-order valence-corrected chi connectivity index (χ2v) is 8.19. The third-order valence-electron chi connectivity index (χ3n) is 5.93. The molecule has 1 aliphatic heterocycles. The number of carbonyl (C=O) groups is 2. The quantitative estimate of drug-likeness (QED) is 0.782. The maximum Gasteiger partial charge on any atom is 0.228 e. The number of hydrogen-bond acceptors (Lipinski definition) is 2. The van der Waals surface area contributed by atoms with E-state index in [2.05, 4.69) is 0 Å². The fourth-order valence-corrected chi connectivity index (χ4v) is 4.55. The summed E-state index contributed by atoms with van der Waals surface area (Å²) in [5.41, 5.74) is 0.367. The minimum Gasteiger partial charge on any atom is -0.339 e. The first-order valence-corrected chi connectivity index (χ1v) is 9.95. The van der Waals surface area contributed by atoms with Crippen molar-refractivity contribution in [3.63, 3.8) is 0 Å². The van der Waals surface area contributed by atoms with Gasteiger partial charge in [0.2, 0.25) is 11.8 Å². The molecule has 0 radical (unpaired) electrons. The highest BCUT2D eigenvalue weighted by Gasteiger charge is 2.43. The van der Waals surface area contributed by atoms with Crippen molar-refractivity contribution in [2.45, 2.75) is 63.6 Å². The largest absolute Gasteiger partial charge is 0.339 e. The predicted octanol–water partition coefficient (Wildman–Crippen LogP) is 3.76. The number of hydrogen-bond donors (Lipinski definition) is 0. The van der Waals surface area contributed by atoms with Gasteiger partial charge in [0.15, 0.2) is 0 Å². The summed E-state index contributed by atoms with van der Waals surface area (Å²) in [6, 6.07) is 5.04. The first kappa shape index (κ1) is 17.8. The van der Waals surface area contributed by atoms with Crippen LogP contribution in [-0.2, 0) is 16.1 Å². The normalized spacial score (nSPS) is 23.7. The van der Waals surface area contributed by atoms with Crippen molar-refractivity contribution in [3.8, 4) is 0 Å². The number of nitrogens with zero attached hydrogens (tertiary/aromatic N) is 2. The monoisotopic (exact) mass is 378 g/mol. The second kappa shape index (κ2) is 7.18. The van der Waals surface area contributed by atoms with E-state index in [1.807, 2.05) is 4.90 Å². The molecule has 0 spiro atoms. The SMILES string of the molecule is O=C1CC(C(=O)N(Cc2c(F)cccc2Cl)C2CC2)CN1C1CCCC1. The Labute approximate surface area is 158 Å². The lowest BCUT2D eigenvalue weighted by molar-refractivity contribution is -0.137. The third kappa shape index (κ3) is 3.46. The molecule has 2 saturated carbocycles. The van der Waals surface area contributed by atoms with Crippen LogP contribution in [-0.4, -0.2) is 40.2 Å². The highest BCUT2D eigenvalue weighted by Crippen LogP contribution is 2.35. The van der Waals surface area contributed by atoms with Gasteiger partial charge in [-0.15, -0.1) is 0 Å². The maximum absolute atomic E-state index is 14.2. The number of likely N-dealkylation sites (tertiary alicyclic amines) is 1. The molecule has 1 aromatic carbocycles. The lowest BCUT2D eigenvalue weighted by Gasteiger charge is -2.27. The molecule has 1 heterocycles. The topological polar surface area (TPSA) is 40.6 Å². The van der Waals surface area contributed by atoms with Crippen LogP contribution < -0.4 is 0 Å². The summed E-state index contributed by atoms with van der Waals surface area (Å²) >= 11 is 6.16. The minimum atomic E-state index is -0.383. The summed E-state index contributed by atoms with van der Waals surface area (Å²) in [6.45, 7) is 0.694. The van der Waals surface area contributed by atoms with Crippen molar-refractivity contribution < 1.29 is 14.0 Å². The molecule has 1 unspecified atom stereocenters. The molecule has 2 aliphatic carbocycles. The Hall–Kier alpha value is -1.62. The Morgan fingerprint density at radius 1 is 1.23 bits per heavy atom. The molecule has 140 valence electrons. The molecular weight excluding hydrogens is 355 g/mol. The fourth-order valence-electron chi connectivity index (χ4n) is 4.33. The van der Waals surface area contributed by atoms with Crippen molar-refractivity contribution in [2.75, 3.05) is 6.54 Å². The Morgan fingerprint density at radius 3 is 2.62 bits per heavy atom. The fraction of sp³-hybridized carbons (Fsp3) is 0.600. The van der Waals surface area contributed by atoms with Gasteiger partial charge in [0, 0.05) is 35.6 Å². The Morgan fingerprint density at radius 2 is 1.96 bits per heavy atom. The van der Waals surface area contributed by atoms with Gasteiger partial charge in [-0.3, -0.25) is 9.59 Å². The molecule has 1 atom stereocenters. The van der Waals surface area contributed by atoms with E-state index in [9.17, 15) is 14.0 Å². The van der Waals surface area contributed by atoms with Crippen LogP contribution in [0, 0.1) is 11.7 Å².